The smallest absolute Gasteiger partial charge is 0.286 e. The molecular formula is C10H8N2O2S2. The molecule has 1 aromatic rings. The van der Waals surface area contributed by atoms with Crippen molar-refractivity contribution in [1.82, 2.24) is 5.32 Å². The Morgan fingerprint density at radius 3 is 3.00 bits per heavy atom. The molecule has 0 aliphatic carbocycles. The molecular weight excluding hydrogens is 244 g/mol. The van der Waals surface area contributed by atoms with E-state index in [1.807, 2.05) is 17.5 Å². The average Bonchev–Trinajstić information content (AvgIpc) is 2.77. The maximum Gasteiger partial charge on any atom is 0.286 e. The number of aliphatic imine (C=N–C) groups is 1. The molecule has 0 radical (unpaired) electrons. The van der Waals surface area contributed by atoms with Gasteiger partial charge in [0, 0.05) is 11.8 Å². The van der Waals surface area contributed by atoms with Gasteiger partial charge >= 0.3 is 0 Å². The number of nitrogens with one attached hydrogen (secondary N) is 1. The first kappa shape index (κ1) is 11.1. The lowest BCUT2D eigenvalue weighted by Crippen LogP contribution is -2.23. The van der Waals surface area contributed by atoms with Gasteiger partial charge < -0.3 is 5.32 Å². The van der Waals surface area contributed by atoms with Crippen molar-refractivity contribution in [1.29, 1.82) is 0 Å². The Morgan fingerprint density at radius 1 is 1.56 bits per heavy atom. The van der Waals surface area contributed by atoms with Gasteiger partial charge in [-0.2, -0.15) is 4.99 Å². The number of nitrogens with zero attached hydrogens (tertiary/aromatic N) is 1. The van der Waals surface area contributed by atoms with Crippen LogP contribution >= 0.6 is 23.1 Å². The second-order valence-electron chi connectivity index (χ2n) is 3.03. The zero-order valence-corrected chi connectivity index (χ0v) is 10.0. The van der Waals surface area contributed by atoms with Gasteiger partial charge in [0.05, 0.1) is 4.91 Å². The van der Waals surface area contributed by atoms with E-state index in [0.29, 0.717) is 10.1 Å². The molecule has 6 heteroatoms. The first-order valence-electron chi connectivity index (χ1n) is 4.49. The van der Waals surface area contributed by atoms with Crippen LogP contribution in [0.4, 0.5) is 0 Å². The number of carbonyl (C=O) groups is 2. The highest BCUT2D eigenvalue weighted by atomic mass is 32.2. The Balaban J connectivity index is 2.12. The van der Waals surface area contributed by atoms with Crippen molar-refractivity contribution >= 4 is 46.2 Å². The zero-order chi connectivity index (χ0) is 11.5. The minimum absolute atomic E-state index is 0.226. The molecule has 0 unspecified atom stereocenters. The summed E-state index contributed by atoms with van der Waals surface area (Å²) in [6.07, 6.45) is 1.77. The molecule has 1 N–H and O–H groups in total. The Hall–Kier alpha value is -1.40. The summed E-state index contributed by atoms with van der Waals surface area (Å²) in [7, 11) is 0. The van der Waals surface area contributed by atoms with Crippen LogP contribution in [0.3, 0.4) is 0 Å². The van der Waals surface area contributed by atoms with Crippen molar-refractivity contribution in [3.63, 3.8) is 0 Å². The van der Waals surface area contributed by atoms with Crippen LogP contribution in [-0.4, -0.2) is 17.0 Å². The average molecular weight is 252 g/mol. The molecule has 0 atom stereocenters. The minimum Gasteiger partial charge on any atom is -0.305 e. The summed E-state index contributed by atoms with van der Waals surface area (Å²) in [5.74, 6) is -0.529. The molecule has 2 heterocycles. The van der Waals surface area contributed by atoms with E-state index in [1.165, 1.54) is 18.7 Å². The highest BCUT2D eigenvalue weighted by Gasteiger charge is 2.22. The molecule has 0 aromatic carbocycles. The van der Waals surface area contributed by atoms with Crippen LogP contribution < -0.4 is 5.32 Å². The topological polar surface area (TPSA) is 58.5 Å². The van der Waals surface area contributed by atoms with Crippen LogP contribution in [0.2, 0.25) is 0 Å². The first-order valence-corrected chi connectivity index (χ1v) is 6.18. The number of hydrogen-bond donors (Lipinski definition) is 1. The predicted molar refractivity (Wildman–Crippen MR) is 66.1 cm³/mol. The number of hydrogen-bond acceptors (Lipinski definition) is 4. The van der Waals surface area contributed by atoms with E-state index in [9.17, 15) is 9.59 Å². The van der Waals surface area contributed by atoms with Crippen molar-refractivity contribution < 1.29 is 9.59 Å². The second kappa shape index (κ2) is 4.63. The number of carbonyl (C=O) groups excluding carboxylic acids is 2. The number of rotatable bonds is 1. The van der Waals surface area contributed by atoms with Gasteiger partial charge in [0.2, 0.25) is 5.91 Å². The standard InChI is InChI=1S/C10H8N2O2S2/c1-6(13)11-10-12-9(14)8(16-10)5-7-3-2-4-15-7/h2-5H,1H3,(H,11,12,13,14)/b8-5+. The molecule has 82 valence electrons. The van der Waals surface area contributed by atoms with Gasteiger partial charge in [-0.1, -0.05) is 6.07 Å². The summed E-state index contributed by atoms with van der Waals surface area (Å²) >= 11 is 2.73. The van der Waals surface area contributed by atoms with Crippen molar-refractivity contribution in [3.05, 3.63) is 27.3 Å². The summed E-state index contributed by atoms with van der Waals surface area (Å²) < 4.78 is 0. The maximum absolute atomic E-state index is 11.5. The van der Waals surface area contributed by atoms with Gasteiger partial charge in [0.25, 0.3) is 5.91 Å². The van der Waals surface area contributed by atoms with Crippen molar-refractivity contribution in [2.45, 2.75) is 6.92 Å². The quantitative estimate of drug-likeness (QED) is 0.776. The van der Waals surface area contributed by atoms with Crippen LogP contribution in [0, 0.1) is 0 Å². The maximum atomic E-state index is 11.5. The summed E-state index contributed by atoms with van der Waals surface area (Å²) in [4.78, 5) is 27.5. The number of thiophene rings is 1. The molecule has 0 saturated heterocycles. The van der Waals surface area contributed by atoms with Gasteiger partial charge in [-0.05, 0) is 29.3 Å². The molecule has 1 aliphatic heterocycles. The highest BCUT2D eigenvalue weighted by Crippen LogP contribution is 2.28. The van der Waals surface area contributed by atoms with Crippen molar-refractivity contribution in [2.24, 2.45) is 4.99 Å². The molecule has 16 heavy (non-hydrogen) atoms. The van der Waals surface area contributed by atoms with Crippen LogP contribution in [0.25, 0.3) is 6.08 Å². The lowest BCUT2D eigenvalue weighted by atomic mass is 10.4. The fourth-order valence-electron chi connectivity index (χ4n) is 1.12. The molecule has 0 saturated carbocycles. The molecule has 0 fully saturated rings. The molecule has 0 bridgehead atoms. The van der Waals surface area contributed by atoms with Gasteiger partial charge in [-0.3, -0.25) is 9.59 Å². The number of thioether (sulfide) groups is 1. The van der Waals surface area contributed by atoms with Gasteiger partial charge in [-0.25, -0.2) is 0 Å². The Labute approximate surface area is 100 Å². The van der Waals surface area contributed by atoms with E-state index in [-0.39, 0.29) is 11.8 Å². The van der Waals surface area contributed by atoms with Crippen LogP contribution in [0.5, 0.6) is 0 Å². The Morgan fingerprint density at radius 2 is 2.38 bits per heavy atom. The predicted octanol–water partition coefficient (Wildman–Crippen LogP) is 1.85. The third-order valence-corrected chi connectivity index (χ3v) is 3.44. The van der Waals surface area contributed by atoms with Crippen molar-refractivity contribution in [3.8, 4) is 0 Å². The largest absolute Gasteiger partial charge is 0.305 e. The van der Waals surface area contributed by atoms with E-state index in [1.54, 1.807) is 17.4 Å². The monoisotopic (exact) mass is 252 g/mol. The number of amides is 2. The lowest BCUT2D eigenvalue weighted by Gasteiger charge is -1.96. The zero-order valence-electron chi connectivity index (χ0n) is 8.39. The van der Waals surface area contributed by atoms with Gasteiger partial charge in [0.15, 0.2) is 5.17 Å². The molecule has 4 nitrogen and oxygen atoms in total. The summed E-state index contributed by atoms with van der Waals surface area (Å²) in [5.41, 5.74) is 0. The van der Waals surface area contributed by atoms with Crippen molar-refractivity contribution in [2.75, 3.05) is 0 Å². The van der Waals surface area contributed by atoms with E-state index in [2.05, 4.69) is 10.3 Å². The third-order valence-electron chi connectivity index (χ3n) is 1.72. The van der Waals surface area contributed by atoms with E-state index in [0.717, 1.165) is 4.88 Å². The molecule has 2 rings (SSSR count). The highest BCUT2D eigenvalue weighted by molar-refractivity contribution is 8.18. The van der Waals surface area contributed by atoms with E-state index >= 15 is 0 Å². The fraction of sp³-hybridized carbons (Fsp3) is 0.100. The normalized spacial score (nSPS) is 17.7. The Kier molecular flexibility index (Phi) is 3.21. The SMILES string of the molecule is CC(=O)NC1=NC(=O)/C(=C\c2cccs2)S1. The molecule has 1 aromatic heterocycles. The summed E-state index contributed by atoms with van der Waals surface area (Å²) in [5, 5.41) is 4.78. The van der Waals surface area contributed by atoms with Crippen LogP contribution in [0.1, 0.15) is 11.8 Å². The van der Waals surface area contributed by atoms with Crippen LogP contribution in [-0.2, 0) is 9.59 Å². The van der Waals surface area contributed by atoms with Gasteiger partial charge in [-0.15, -0.1) is 11.3 Å². The fourth-order valence-corrected chi connectivity index (χ4v) is 2.70. The molecule has 0 spiro atoms. The molecule has 2 amide bonds. The van der Waals surface area contributed by atoms with Gasteiger partial charge in [0.1, 0.15) is 0 Å². The Bertz CT molecular complexity index is 489. The minimum atomic E-state index is -0.304. The summed E-state index contributed by atoms with van der Waals surface area (Å²) in [6, 6.07) is 3.83. The summed E-state index contributed by atoms with van der Waals surface area (Å²) in [6.45, 7) is 1.38. The van der Waals surface area contributed by atoms with Crippen LogP contribution in [0.15, 0.2) is 27.4 Å². The van der Waals surface area contributed by atoms with E-state index < -0.39 is 0 Å². The number of amidine groups is 1. The first-order chi connectivity index (χ1) is 7.65. The lowest BCUT2D eigenvalue weighted by molar-refractivity contribution is -0.117. The van der Waals surface area contributed by atoms with E-state index in [4.69, 9.17) is 0 Å². The second-order valence-corrected chi connectivity index (χ2v) is 5.04. The molecule has 1 aliphatic rings. The third kappa shape index (κ3) is 2.59.